The fourth-order valence-corrected chi connectivity index (χ4v) is 6.19. The molecule has 0 aliphatic heterocycles. The van der Waals surface area contributed by atoms with Crippen LogP contribution in [0.2, 0.25) is 0 Å². The maximum Gasteiger partial charge on any atom is 0.188 e. The zero-order valence-electron chi connectivity index (χ0n) is 20.7. The Kier molecular flexibility index (Phi) is 8.83. The molecule has 0 aliphatic rings. The Bertz CT molecular complexity index is 1090. The largest absolute Gasteiger partial charge is 0.467 e. The van der Waals surface area contributed by atoms with Crippen molar-refractivity contribution >= 4 is 25.3 Å². The smallest absolute Gasteiger partial charge is 0.188 e. The molecule has 1 unspecified atom stereocenters. The average Bonchev–Trinajstić information content (AvgIpc) is 2.83. The third-order valence-corrected chi connectivity index (χ3v) is 8.70. The Hall–Kier alpha value is -2.48. The number of rotatable bonds is 10. The number of aliphatic imine (C=N–C) groups is 1. The first-order chi connectivity index (χ1) is 16.0. The zero-order valence-corrected chi connectivity index (χ0v) is 21.7. The van der Waals surface area contributed by atoms with Gasteiger partial charge in [0.15, 0.2) is 6.79 Å². The van der Waals surface area contributed by atoms with Gasteiger partial charge in [-0.1, -0.05) is 77.0 Å². The van der Waals surface area contributed by atoms with Crippen LogP contribution in [0.15, 0.2) is 71.7 Å². The fraction of sp³-hybridized carbons (Fsp3) is 0.345. The van der Waals surface area contributed by atoms with E-state index in [4.69, 9.17) is 14.5 Å². The molecule has 0 aromatic heterocycles. The summed E-state index contributed by atoms with van der Waals surface area (Å²) in [6, 6.07) is 23.3. The van der Waals surface area contributed by atoms with Crippen LogP contribution in [-0.4, -0.2) is 19.6 Å². The van der Waals surface area contributed by atoms with Crippen molar-refractivity contribution in [3.8, 4) is 5.75 Å². The Morgan fingerprint density at radius 2 is 1.55 bits per heavy atom. The summed E-state index contributed by atoms with van der Waals surface area (Å²) in [5, 5.41) is 1.36. The predicted molar refractivity (Wildman–Crippen MR) is 143 cm³/mol. The second kappa shape index (κ2) is 11.6. The number of ether oxygens (including phenoxy) is 2. The predicted octanol–water partition coefficient (Wildman–Crippen LogP) is 7.45. The summed E-state index contributed by atoms with van der Waals surface area (Å²) in [6.07, 6.45) is 2.05. The first-order valence-electron chi connectivity index (χ1n) is 11.7. The molecule has 0 aliphatic carbocycles. The lowest BCUT2D eigenvalue weighted by molar-refractivity contribution is 0.0494. The molecule has 0 saturated heterocycles. The molecular formula is C29H36NO2P. The Morgan fingerprint density at radius 3 is 2.21 bits per heavy atom. The number of para-hydroxylation sites is 2. The van der Waals surface area contributed by atoms with Gasteiger partial charge in [-0.15, -0.1) is 0 Å². The highest BCUT2D eigenvalue weighted by Gasteiger charge is 2.34. The molecule has 0 amide bonds. The van der Waals surface area contributed by atoms with Crippen molar-refractivity contribution in [3.63, 3.8) is 0 Å². The van der Waals surface area contributed by atoms with Crippen LogP contribution in [0.25, 0.3) is 0 Å². The van der Waals surface area contributed by atoms with E-state index in [2.05, 4.69) is 83.1 Å². The van der Waals surface area contributed by atoms with Crippen LogP contribution < -0.4 is 10.0 Å². The maximum atomic E-state index is 6.11. The van der Waals surface area contributed by atoms with Crippen molar-refractivity contribution in [2.24, 2.45) is 4.99 Å². The van der Waals surface area contributed by atoms with Crippen LogP contribution in [0, 0.1) is 13.8 Å². The molecule has 3 nitrogen and oxygen atoms in total. The summed E-state index contributed by atoms with van der Waals surface area (Å²) < 4.78 is 11.4. The number of hydrogen-bond donors (Lipinski definition) is 0. The lowest BCUT2D eigenvalue weighted by Gasteiger charge is -2.35. The van der Waals surface area contributed by atoms with E-state index in [9.17, 15) is 0 Å². The van der Waals surface area contributed by atoms with Crippen molar-refractivity contribution in [2.45, 2.75) is 52.6 Å². The van der Waals surface area contributed by atoms with Crippen molar-refractivity contribution in [1.29, 1.82) is 0 Å². The molecule has 1 atom stereocenters. The molecule has 3 aromatic rings. The summed E-state index contributed by atoms with van der Waals surface area (Å²) in [7, 11) is 2.26. The van der Waals surface area contributed by atoms with Gasteiger partial charge >= 0.3 is 0 Å². The van der Waals surface area contributed by atoms with Crippen molar-refractivity contribution in [1.82, 2.24) is 0 Å². The maximum absolute atomic E-state index is 6.11. The second-order valence-corrected chi connectivity index (χ2v) is 10.2. The summed E-state index contributed by atoms with van der Waals surface area (Å²) in [5.41, 5.74) is 7.00. The summed E-state index contributed by atoms with van der Waals surface area (Å²) in [4.78, 5) is 4.94. The molecule has 0 fully saturated rings. The SMILES string of the molecule is CCC(CC)(Pc1c(C)cccc1/C(C)=N/c1ccccc1)c1cccc(C)c1OCOC. The molecule has 3 aromatic carbocycles. The molecule has 174 valence electrons. The van der Waals surface area contributed by atoms with Gasteiger partial charge in [-0.2, -0.15) is 0 Å². The van der Waals surface area contributed by atoms with Gasteiger partial charge in [0.2, 0.25) is 0 Å². The van der Waals surface area contributed by atoms with Crippen LogP contribution in [-0.2, 0) is 9.89 Å². The molecule has 0 spiro atoms. The molecule has 0 N–H and O–H groups in total. The van der Waals surface area contributed by atoms with Crippen LogP contribution in [0.3, 0.4) is 0 Å². The van der Waals surface area contributed by atoms with Crippen molar-refractivity contribution in [3.05, 3.63) is 89.0 Å². The Balaban J connectivity index is 2.11. The number of nitrogens with zero attached hydrogens (tertiary/aromatic N) is 1. The van der Waals surface area contributed by atoms with Gasteiger partial charge in [-0.3, -0.25) is 4.99 Å². The third kappa shape index (κ3) is 5.72. The summed E-state index contributed by atoms with van der Waals surface area (Å²) in [6.45, 7) is 11.3. The van der Waals surface area contributed by atoms with Gasteiger partial charge in [0.25, 0.3) is 0 Å². The molecule has 0 saturated carbocycles. The Labute approximate surface area is 201 Å². The number of hydrogen-bond acceptors (Lipinski definition) is 3. The molecule has 4 heteroatoms. The topological polar surface area (TPSA) is 30.8 Å². The lowest BCUT2D eigenvalue weighted by Crippen LogP contribution is -2.26. The second-order valence-electron chi connectivity index (χ2n) is 8.45. The third-order valence-electron chi connectivity index (χ3n) is 6.34. The number of benzene rings is 3. The van der Waals surface area contributed by atoms with Gasteiger partial charge in [0.1, 0.15) is 5.75 Å². The Morgan fingerprint density at radius 1 is 0.879 bits per heavy atom. The highest BCUT2D eigenvalue weighted by Crippen LogP contribution is 2.51. The molecule has 3 rings (SSSR count). The van der Waals surface area contributed by atoms with E-state index >= 15 is 0 Å². The van der Waals surface area contributed by atoms with Crippen LogP contribution in [0.1, 0.15) is 55.9 Å². The average molecular weight is 462 g/mol. The highest BCUT2D eigenvalue weighted by atomic mass is 31.1. The van der Waals surface area contributed by atoms with E-state index in [1.807, 2.05) is 18.2 Å². The minimum atomic E-state index is -0.0248. The molecule has 0 radical (unpaired) electrons. The highest BCUT2D eigenvalue weighted by molar-refractivity contribution is 7.49. The standard InChI is InChI=1S/C29H36NO2P/c1-7-29(8-2,26-19-13-14-21(3)27(26)32-20-31-6)33-28-22(4)15-12-18-25(28)23(5)30-24-16-10-9-11-17-24/h9-19,33H,7-8,20H2,1-6H3/b30-23+. The molecule has 33 heavy (non-hydrogen) atoms. The minimum Gasteiger partial charge on any atom is -0.467 e. The van der Waals surface area contributed by atoms with Crippen LogP contribution >= 0.6 is 8.58 Å². The number of methoxy groups -OCH3 is 1. The van der Waals surface area contributed by atoms with E-state index in [1.54, 1.807) is 7.11 Å². The molecule has 0 heterocycles. The molecular weight excluding hydrogens is 425 g/mol. The van der Waals surface area contributed by atoms with Crippen LogP contribution in [0.5, 0.6) is 5.75 Å². The van der Waals surface area contributed by atoms with E-state index in [-0.39, 0.29) is 11.9 Å². The normalized spacial score (nSPS) is 12.5. The number of aryl methyl sites for hydroxylation is 2. The summed E-state index contributed by atoms with van der Waals surface area (Å²) in [5.74, 6) is 0.959. The van der Waals surface area contributed by atoms with Gasteiger partial charge in [-0.25, -0.2) is 0 Å². The van der Waals surface area contributed by atoms with Gasteiger partial charge in [0, 0.05) is 29.1 Å². The van der Waals surface area contributed by atoms with Gasteiger partial charge < -0.3 is 9.47 Å². The zero-order chi connectivity index (χ0) is 23.8. The monoisotopic (exact) mass is 461 g/mol. The minimum absolute atomic E-state index is 0.0248. The quantitative estimate of drug-likeness (QED) is 0.178. The molecule has 0 bridgehead atoms. The van der Waals surface area contributed by atoms with E-state index in [0.717, 1.165) is 35.6 Å². The van der Waals surface area contributed by atoms with E-state index < -0.39 is 0 Å². The van der Waals surface area contributed by atoms with Crippen LogP contribution in [0.4, 0.5) is 5.69 Å². The lowest BCUT2D eigenvalue weighted by atomic mass is 9.90. The first kappa shape index (κ1) is 25.1. The first-order valence-corrected chi connectivity index (χ1v) is 12.7. The van der Waals surface area contributed by atoms with E-state index in [1.165, 1.54) is 22.0 Å². The van der Waals surface area contributed by atoms with Crippen molar-refractivity contribution < 1.29 is 9.47 Å². The van der Waals surface area contributed by atoms with E-state index in [0.29, 0.717) is 8.58 Å². The summed E-state index contributed by atoms with van der Waals surface area (Å²) >= 11 is 0. The fourth-order valence-electron chi connectivity index (χ4n) is 4.34. The van der Waals surface area contributed by atoms with Gasteiger partial charge in [0.05, 0.1) is 5.69 Å². The van der Waals surface area contributed by atoms with Gasteiger partial charge in [-0.05, 0) is 62.2 Å². The van der Waals surface area contributed by atoms with Crippen molar-refractivity contribution in [2.75, 3.05) is 13.9 Å².